The van der Waals surface area contributed by atoms with Crippen molar-refractivity contribution in [3.63, 3.8) is 0 Å². The summed E-state index contributed by atoms with van der Waals surface area (Å²) in [5.74, 6) is -0.0371. The second-order valence-electron chi connectivity index (χ2n) is 10.3. The number of hydrogen-bond donors (Lipinski definition) is 3. The van der Waals surface area contributed by atoms with Crippen LogP contribution in [0.2, 0.25) is 0 Å². The Kier molecular flexibility index (Phi) is 20.3. The van der Waals surface area contributed by atoms with Gasteiger partial charge in [-0.3, -0.25) is 9.05 Å². The molecule has 37 heavy (non-hydrogen) atoms. The van der Waals surface area contributed by atoms with Gasteiger partial charge in [-0.15, -0.1) is 0 Å². The van der Waals surface area contributed by atoms with Crippen molar-refractivity contribution in [2.75, 3.05) is 33.9 Å². The number of thiocarbonyl (C=S) groups is 1. The molecule has 5 atom stereocenters. The highest BCUT2D eigenvalue weighted by molar-refractivity contribution is 7.80. The molecule has 1 fully saturated rings. The lowest BCUT2D eigenvalue weighted by molar-refractivity contribution is -0.0193. The number of methoxy groups -OCH3 is 1. The van der Waals surface area contributed by atoms with Gasteiger partial charge >= 0.3 is 7.82 Å². The number of rotatable bonds is 23. The highest BCUT2D eigenvalue weighted by Crippen LogP contribution is 2.48. The van der Waals surface area contributed by atoms with Gasteiger partial charge in [-0.05, 0) is 31.5 Å². The summed E-state index contributed by atoms with van der Waals surface area (Å²) in [6.07, 6.45) is 18.2. The molecule has 1 aliphatic heterocycles. The summed E-state index contributed by atoms with van der Waals surface area (Å²) in [4.78, 5) is 9.82. The molecular weight excluding hydrogens is 510 g/mol. The normalized spacial score (nSPS) is 23.1. The molecule has 1 rings (SSSR count). The minimum absolute atomic E-state index is 0.0371. The average Bonchev–Trinajstić information content (AvgIpc) is 3.15. The Balaban J connectivity index is 2.07. The maximum Gasteiger partial charge on any atom is 0.472 e. The van der Waals surface area contributed by atoms with E-state index in [1.54, 1.807) is 7.11 Å². The average molecular weight is 565 g/mol. The molecule has 0 bridgehead atoms. The monoisotopic (exact) mass is 564 g/mol. The van der Waals surface area contributed by atoms with Crippen LogP contribution in [-0.4, -0.2) is 70.0 Å². The van der Waals surface area contributed by atoms with Gasteiger partial charge in [-0.25, -0.2) is 4.57 Å². The molecule has 1 saturated heterocycles. The molecule has 0 aliphatic carbocycles. The van der Waals surface area contributed by atoms with E-state index in [4.69, 9.17) is 26.2 Å². The van der Waals surface area contributed by atoms with Crippen molar-refractivity contribution in [3.8, 4) is 0 Å². The third kappa shape index (κ3) is 16.5. The lowest BCUT2D eigenvalue weighted by Crippen LogP contribution is -2.37. The van der Waals surface area contributed by atoms with Crippen LogP contribution in [0.5, 0.6) is 0 Å². The van der Waals surface area contributed by atoms with Crippen molar-refractivity contribution < 1.29 is 28.0 Å². The van der Waals surface area contributed by atoms with Crippen LogP contribution in [0.25, 0.3) is 0 Å². The van der Waals surface area contributed by atoms with Crippen LogP contribution in [0.3, 0.4) is 0 Å². The minimum Gasteiger partial charge on any atom is -0.382 e. The van der Waals surface area contributed by atoms with E-state index < -0.39 is 20.0 Å². The first-order chi connectivity index (χ1) is 17.8. The summed E-state index contributed by atoms with van der Waals surface area (Å²) < 4.78 is 33.2. The molecule has 0 saturated carbocycles. The molecule has 0 aromatic carbocycles. The summed E-state index contributed by atoms with van der Waals surface area (Å²) in [5.41, 5.74) is 0. The molecule has 0 radical (unpaired) electrons. The van der Waals surface area contributed by atoms with Gasteiger partial charge in [0.15, 0.2) is 5.11 Å². The Morgan fingerprint density at radius 1 is 0.919 bits per heavy atom. The first-order valence-corrected chi connectivity index (χ1v) is 16.5. The van der Waals surface area contributed by atoms with Crippen LogP contribution >= 0.6 is 20.0 Å². The number of ether oxygens (including phenoxy) is 2. The van der Waals surface area contributed by atoms with E-state index in [1.165, 1.54) is 77.0 Å². The van der Waals surface area contributed by atoms with Crippen molar-refractivity contribution in [1.29, 1.82) is 0 Å². The van der Waals surface area contributed by atoms with E-state index in [9.17, 15) is 9.46 Å². The minimum atomic E-state index is -4.12. The zero-order valence-corrected chi connectivity index (χ0v) is 25.6. The van der Waals surface area contributed by atoms with Crippen molar-refractivity contribution in [3.05, 3.63) is 0 Å². The second-order valence-corrected chi connectivity index (χ2v) is 12.2. The van der Waals surface area contributed by atoms with Gasteiger partial charge in [0.2, 0.25) is 0 Å². The molecule has 11 heteroatoms. The summed E-state index contributed by atoms with van der Waals surface area (Å²) in [6.45, 7) is 4.18. The van der Waals surface area contributed by atoms with Gasteiger partial charge in [0.05, 0.1) is 6.61 Å². The predicted molar refractivity (Wildman–Crippen MR) is 158 cm³/mol. The first kappa shape index (κ1) is 34.8. The molecule has 0 aromatic heterocycles. The molecule has 218 valence electrons. The number of unbranched alkanes of at least 4 members (excludes halogenated alkanes) is 12. The predicted octanol–water partition coefficient (Wildman–Crippen LogP) is 5.07. The van der Waals surface area contributed by atoms with E-state index >= 15 is 0 Å². The molecule has 0 amide bonds. The molecule has 0 aromatic rings. The summed E-state index contributed by atoms with van der Waals surface area (Å²) >= 11 is 5.41. The topological polar surface area (TPSA) is 98.3 Å². The van der Waals surface area contributed by atoms with Gasteiger partial charge in [0.25, 0.3) is 0 Å². The van der Waals surface area contributed by atoms with Crippen molar-refractivity contribution in [2.24, 2.45) is 5.92 Å². The van der Waals surface area contributed by atoms with Gasteiger partial charge < -0.3 is 25.0 Å². The molecular formula is C26H54BN2O6PS. The number of nitrogens with one attached hydrogen (secondary N) is 2. The van der Waals surface area contributed by atoms with E-state index in [0.29, 0.717) is 11.7 Å². The van der Waals surface area contributed by atoms with Gasteiger partial charge in [0, 0.05) is 39.2 Å². The van der Waals surface area contributed by atoms with Crippen molar-refractivity contribution in [1.82, 2.24) is 10.6 Å². The highest BCUT2D eigenvalue weighted by atomic mass is 32.1. The fourth-order valence-electron chi connectivity index (χ4n) is 4.98. The fourth-order valence-corrected chi connectivity index (χ4v) is 5.87. The largest absolute Gasteiger partial charge is 0.472 e. The number of phosphoric ester groups is 1. The van der Waals surface area contributed by atoms with E-state index in [2.05, 4.69) is 22.1 Å². The van der Waals surface area contributed by atoms with E-state index in [-0.39, 0.29) is 11.9 Å². The zero-order valence-electron chi connectivity index (χ0n) is 23.9. The Hall–Kier alpha value is -0.215. The molecule has 1 aliphatic rings. The van der Waals surface area contributed by atoms with Gasteiger partial charge in [-0.2, -0.15) is 0 Å². The van der Waals surface area contributed by atoms with Gasteiger partial charge in [-0.1, -0.05) is 84.0 Å². The van der Waals surface area contributed by atoms with Crippen LogP contribution in [-0.2, 0) is 23.1 Å². The summed E-state index contributed by atoms with van der Waals surface area (Å²) in [7, 11) is 0.576. The van der Waals surface area contributed by atoms with Crippen LogP contribution in [0.1, 0.15) is 103 Å². The van der Waals surface area contributed by atoms with E-state index in [1.807, 2.05) is 7.85 Å². The fraction of sp³-hybridized carbons (Fsp3) is 0.962. The smallest absolute Gasteiger partial charge is 0.382 e. The van der Waals surface area contributed by atoms with E-state index in [0.717, 1.165) is 39.5 Å². The number of phosphoric acid groups is 1. The van der Waals surface area contributed by atoms with Crippen LogP contribution in [0.15, 0.2) is 0 Å². The molecule has 0 spiro atoms. The van der Waals surface area contributed by atoms with Crippen LogP contribution in [0.4, 0.5) is 0 Å². The first-order valence-electron chi connectivity index (χ1n) is 14.6. The van der Waals surface area contributed by atoms with Gasteiger partial charge in [0.1, 0.15) is 20.1 Å². The second kappa shape index (κ2) is 21.6. The SMILES string of the molecule is B[C@@H]1O[C@H](COC)C(OP(=O)(O)OC)[C@@H]1CCCNC(=S)NCCCCCCCCCCCCCCC. The highest BCUT2D eigenvalue weighted by Gasteiger charge is 2.45. The molecule has 1 heterocycles. The maximum absolute atomic E-state index is 12.0. The quantitative estimate of drug-likeness (QED) is 0.0680. The Bertz CT molecular complexity index is 636. The third-order valence-electron chi connectivity index (χ3n) is 7.16. The third-order valence-corrected chi connectivity index (χ3v) is 8.42. The Morgan fingerprint density at radius 2 is 1.43 bits per heavy atom. The Morgan fingerprint density at radius 3 is 1.95 bits per heavy atom. The zero-order chi connectivity index (χ0) is 27.4. The molecule has 8 nitrogen and oxygen atoms in total. The summed E-state index contributed by atoms with van der Waals surface area (Å²) in [5, 5.41) is 7.24. The standard InChI is InChI=1S/C26H54BN2O6PS/c1-4-5-6-7-8-9-10-11-12-13-14-15-16-19-28-26(37)29-20-17-18-22-24(35-36(30,31)33-3)23(21-32-2)34-25(22)27/h22-25H,4-21,27H2,1-3H3,(H,30,31)(H2,28,29,37)/t22-,23+,24?,25+/m0/s1. The van der Waals surface area contributed by atoms with Crippen LogP contribution < -0.4 is 10.6 Å². The summed E-state index contributed by atoms with van der Waals surface area (Å²) in [6, 6.07) is -0.109. The lowest BCUT2D eigenvalue weighted by Gasteiger charge is -2.25. The maximum atomic E-state index is 12.0. The molecule has 2 unspecified atom stereocenters. The lowest BCUT2D eigenvalue weighted by atomic mass is 9.82. The van der Waals surface area contributed by atoms with Crippen molar-refractivity contribution >= 4 is 33.0 Å². The van der Waals surface area contributed by atoms with Crippen LogP contribution in [0, 0.1) is 5.92 Å². The number of hydrogen-bond acceptors (Lipinski definition) is 6. The Labute approximate surface area is 232 Å². The van der Waals surface area contributed by atoms with Crippen molar-refractivity contribution in [2.45, 2.75) is 121 Å². The molecule has 3 N–H and O–H groups in total.